The molecule has 3 aromatic rings. The number of methoxy groups -OCH3 is 2. The Bertz CT molecular complexity index is 1080. The van der Waals surface area contributed by atoms with Crippen molar-refractivity contribution < 1.29 is 19.1 Å². The van der Waals surface area contributed by atoms with Crippen molar-refractivity contribution in [3.8, 4) is 0 Å². The SMILES string of the molecule is COC(=O)C1(C(=O)OC)CCc2c(/C=C/c3ccccc3)[nH]c3cccc(c23)C1. The van der Waals surface area contributed by atoms with Gasteiger partial charge in [-0.05, 0) is 48.1 Å². The van der Waals surface area contributed by atoms with Gasteiger partial charge in [0, 0.05) is 16.6 Å². The van der Waals surface area contributed by atoms with Gasteiger partial charge in [0.05, 0.1) is 14.2 Å². The van der Waals surface area contributed by atoms with E-state index >= 15 is 0 Å². The van der Waals surface area contributed by atoms with E-state index in [4.69, 9.17) is 9.47 Å². The lowest BCUT2D eigenvalue weighted by Crippen LogP contribution is -2.43. The molecule has 2 aromatic carbocycles. The Hall–Kier alpha value is -3.34. The maximum Gasteiger partial charge on any atom is 0.323 e. The average molecular weight is 389 g/mol. The third-order valence-electron chi connectivity index (χ3n) is 5.74. The first-order valence-electron chi connectivity index (χ1n) is 9.61. The molecule has 4 rings (SSSR count). The molecule has 1 aliphatic carbocycles. The lowest BCUT2D eigenvalue weighted by Gasteiger charge is -2.27. The van der Waals surface area contributed by atoms with Crippen molar-refractivity contribution in [3.05, 3.63) is 70.9 Å². The molecule has 1 aliphatic rings. The number of carbonyl (C=O) groups is 2. The molecule has 1 aromatic heterocycles. The number of esters is 2. The maximum atomic E-state index is 12.7. The summed E-state index contributed by atoms with van der Waals surface area (Å²) < 4.78 is 10.0. The summed E-state index contributed by atoms with van der Waals surface area (Å²) in [5, 5.41) is 1.08. The Kier molecular flexibility index (Phi) is 4.97. The predicted molar refractivity (Wildman–Crippen MR) is 112 cm³/mol. The van der Waals surface area contributed by atoms with E-state index in [-0.39, 0.29) is 6.42 Å². The highest BCUT2D eigenvalue weighted by molar-refractivity contribution is 6.02. The van der Waals surface area contributed by atoms with Crippen LogP contribution < -0.4 is 0 Å². The second-order valence-corrected chi connectivity index (χ2v) is 7.34. The standard InChI is InChI=1S/C24H23NO4/c1-28-22(26)24(23(27)29-2)14-13-18-19(12-11-16-7-4-3-5-8-16)25-20-10-6-9-17(15-24)21(18)20/h3-12,25H,13-15H2,1-2H3/b12-11+. The Morgan fingerprint density at radius 1 is 0.966 bits per heavy atom. The topological polar surface area (TPSA) is 68.4 Å². The quantitative estimate of drug-likeness (QED) is 0.537. The van der Waals surface area contributed by atoms with E-state index in [1.807, 2.05) is 48.5 Å². The number of benzene rings is 2. The molecular weight excluding hydrogens is 366 g/mol. The van der Waals surface area contributed by atoms with Gasteiger partial charge in [0.15, 0.2) is 5.41 Å². The van der Waals surface area contributed by atoms with Gasteiger partial charge >= 0.3 is 11.9 Å². The fourth-order valence-corrected chi connectivity index (χ4v) is 4.28. The number of aromatic nitrogens is 1. The lowest BCUT2D eigenvalue weighted by atomic mass is 9.78. The van der Waals surface area contributed by atoms with E-state index in [2.05, 4.69) is 17.1 Å². The lowest BCUT2D eigenvalue weighted by molar-refractivity contribution is -0.169. The first-order valence-corrected chi connectivity index (χ1v) is 9.61. The molecule has 0 atom stereocenters. The molecule has 0 bridgehead atoms. The molecule has 0 unspecified atom stereocenters. The summed E-state index contributed by atoms with van der Waals surface area (Å²) in [6.45, 7) is 0. The van der Waals surface area contributed by atoms with E-state index < -0.39 is 17.4 Å². The van der Waals surface area contributed by atoms with Gasteiger partial charge in [-0.15, -0.1) is 0 Å². The molecule has 0 fully saturated rings. The predicted octanol–water partition coefficient (Wildman–Crippen LogP) is 4.16. The van der Waals surface area contributed by atoms with Crippen LogP contribution >= 0.6 is 0 Å². The zero-order chi connectivity index (χ0) is 20.4. The number of aryl methyl sites for hydroxylation is 1. The van der Waals surface area contributed by atoms with E-state index in [0.29, 0.717) is 12.8 Å². The molecule has 0 saturated heterocycles. The zero-order valence-electron chi connectivity index (χ0n) is 16.5. The number of hydrogen-bond acceptors (Lipinski definition) is 4. The van der Waals surface area contributed by atoms with Crippen LogP contribution in [0.4, 0.5) is 0 Å². The van der Waals surface area contributed by atoms with Crippen molar-refractivity contribution in [1.29, 1.82) is 0 Å². The van der Waals surface area contributed by atoms with E-state index in [9.17, 15) is 9.59 Å². The molecule has 148 valence electrons. The molecular formula is C24H23NO4. The van der Waals surface area contributed by atoms with E-state index in [1.54, 1.807) is 0 Å². The number of aromatic amines is 1. The molecule has 5 heteroatoms. The fraction of sp³-hybridized carbons (Fsp3) is 0.250. The van der Waals surface area contributed by atoms with Gasteiger partial charge in [-0.2, -0.15) is 0 Å². The van der Waals surface area contributed by atoms with Crippen molar-refractivity contribution in [3.63, 3.8) is 0 Å². The van der Waals surface area contributed by atoms with Gasteiger partial charge in [-0.3, -0.25) is 9.59 Å². The molecule has 0 saturated carbocycles. The summed E-state index contributed by atoms with van der Waals surface area (Å²) in [5.41, 5.74) is 3.81. The first-order chi connectivity index (χ1) is 14.1. The van der Waals surface area contributed by atoms with Crippen LogP contribution in [0.25, 0.3) is 23.1 Å². The van der Waals surface area contributed by atoms with Crippen molar-refractivity contribution in [2.24, 2.45) is 5.41 Å². The largest absolute Gasteiger partial charge is 0.468 e. The number of rotatable bonds is 4. The zero-order valence-corrected chi connectivity index (χ0v) is 16.5. The highest BCUT2D eigenvalue weighted by Gasteiger charge is 2.49. The average Bonchev–Trinajstić information content (AvgIpc) is 3.02. The van der Waals surface area contributed by atoms with Gasteiger partial charge in [0.1, 0.15) is 0 Å². The van der Waals surface area contributed by atoms with Gasteiger partial charge in [-0.25, -0.2) is 0 Å². The van der Waals surface area contributed by atoms with Crippen molar-refractivity contribution in [2.75, 3.05) is 14.2 Å². The maximum absolute atomic E-state index is 12.7. The number of H-pyrrole nitrogens is 1. The van der Waals surface area contributed by atoms with E-state index in [1.165, 1.54) is 14.2 Å². The molecule has 29 heavy (non-hydrogen) atoms. The Morgan fingerprint density at radius 2 is 1.69 bits per heavy atom. The minimum Gasteiger partial charge on any atom is -0.468 e. The Balaban J connectivity index is 1.81. The van der Waals surface area contributed by atoms with Crippen LogP contribution in [0.15, 0.2) is 48.5 Å². The van der Waals surface area contributed by atoms with Crippen LogP contribution in [0.5, 0.6) is 0 Å². The van der Waals surface area contributed by atoms with Crippen LogP contribution in [-0.4, -0.2) is 31.1 Å². The summed E-state index contributed by atoms with van der Waals surface area (Å²) in [7, 11) is 2.63. The van der Waals surface area contributed by atoms with E-state index in [0.717, 1.165) is 33.3 Å². The Labute approximate surface area is 169 Å². The highest BCUT2D eigenvalue weighted by Crippen LogP contribution is 2.41. The summed E-state index contributed by atoms with van der Waals surface area (Å²) in [6, 6.07) is 16.0. The molecule has 0 spiro atoms. The minimum atomic E-state index is -1.33. The fourth-order valence-electron chi connectivity index (χ4n) is 4.28. The van der Waals surface area contributed by atoms with Crippen LogP contribution in [0, 0.1) is 5.41 Å². The number of hydrogen-bond donors (Lipinski definition) is 1. The van der Waals surface area contributed by atoms with Crippen molar-refractivity contribution in [2.45, 2.75) is 19.3 Å². The monoisotopic (exact) mass is 389 g/mol. The third-order valence-corrected chi connectivity index (χ3v) is 5.74. The summed E-state index contributed by atoms with van der Waals surface area (Å²) in [4.78, 5) is 28.9. The molecule has 1 N–H and O–H groups in total. The Morgan fingerprint density at radius 3 is 2.38 bits per heavy atom. The summed E-state index contributed by atoms with van der Waals surface area (Å²) >= 11 is 0. The molecule has 5 nitrogen and oxygen atoms in total. The van der Waals surface area contributed by atoms with Gasteiger partial charge < -0.3 is 14.5 Å². The highest BCUT2D eigenvalue weighted by atomic mass is 16.5. The first kappa shape index (κ1) is 19.0. The van der Waals surface area contributed by atoms with Crippen LogP contribution in [0.1, 0.15) is 28.8 Å². The van der Waals surface area contributed by atoms with Gasteiger partial charge in [0.25, 0.3) is 0 Å². The second-order valence-electron chi connectivity index (χ2n) is 7.34. The smallest absolute Gasteiger partial charge is 0.323 e. The minimum absolute atomic E-state index is 0.260. The number of nitrogens with one attached hydrogen (secondary N) is 1. The third kappa shape index (κ3) is 3.23. The van der Waals surface area contributed by atoms with Gasteiger partial charge in [0.2, 0.25) is 0 Å². The van der Waals surface area contributed by atoms with Crippen LogP contribution in [0.2, 0.25) is 0 Å². The summed E-state index contributed by atoms with van der Waals surface area (Å²) in [5.74, 6) is -1.09. The van der Waals surface area contributed by atoms with Crippen LogP contribution in [-0.2, 0) is 31.9 Å². The van der Waals surface area contributed by atoms with Crippen LogP contribution in [0.3, 0.4) is 0 Å². The molecule has 0 radical (unpaired) electrons. The molecule has 0 aliphatic heterocycles. The summed E-state index contributed by atoms with van der Waals surface area (Å²) in [6.07, 6.45) is 5.27. The van der Waals surface area contributed by atoms with Gasteiger partial charge in [-0.1, -0.05) is 48.5 Å². The molecule has 1 heterocycles. The van der Waals surface area contributed by atoms with Crippen molar-refractivity contribution in [1.82, 2.24) is 4.98 Å². The molecule has 0 amide bonds. The normalized spacial score (nSPS) is 15.2. The number of ether oxygens (including phenoxy) is 2. The van der Waals surface area contributed by atoms with Crippen molar-refractivity contribution >= 4 is 35.0 Å². The second kappa shape index (κ2) is 7.59. The number of carbonyl (C=O) groups excluding carboxylic acids is 2.